The highest BCUT2D eigenvalue weighted by Crippen LogP contribution is 2.27. The molecule has 0 aromatic heterocycles. The first-order valence-electron chi connectivity index (χ1n) is 7.59. The van der Waals surface area contributed by atoms with Crippen LogP contribution in [-0.2, 0) is 11.2 Å². The maximum Gasteiger partial charge on any atom is 0.238 e. The van der Waals surface area contributed by atoms with Gasteiger partial charge in [0, 0.05) is 5.02 Å². The van der Waals surface area contributed by atoms with Crippen molar-refractivity contribution in [1.82, 2.24) is 5.32 Å². The van der Waals surface area contributed by atoms with Gasteiger partial charge in [0.2, 0.25) is 5.91 Å². The monoisotopic (exact) mass is 348 g/mol. The lowest BCUT2D eigenvalue weighted by atomic mass is 10.1. The molecule has 6 heteroatoms. The highest BCUT2D eigenvalue weighted by atomic mass is 35.5. The van der Waals surface area contributed by atoms with Gasteiger partial charge >= 0.3 is 0 Å². The lowest BCUT2D eigenvalue weighted by Gasteiger charge is -2.11. The smallest absolute Gasteiger partial charge is 0.238 e. The average Bonchev–Trinajstić information content (AvgIpc) is 2.59. The van der Waals surface area contributed by atoms with Crippen molar-refractivity contribution >= 4 is 23.2 Å². The summed E-state index contributed by atoms with van der Waals surface area (Å²) in [7, 11) is 3.19. The molecule has 0 unspecified atom stereocenters. The first kappa shape index (κ1) is 18.1. The minimum Gasteiger partial charge on any atom is -0.497 e. The summed E-state index contributed by atoms with van der Waals surface area (Å²) in [5, 5.41) is 6.44. The van der Waals surface area contributed by atoms with Crippen LogP contribution in [0.4, 0.5) is 5.69 Å². The fourth-order valence-corrected chi connectivity index (χ4v) is 2.41. The number of benzene rings is 2. The van der Waals surface area contributed by atoms with Crippen LogP contribution in [0.3, 0.4) is 0 Å². The Balaban J connectivity index is 1.78. The molecule has 2 rings (SSSR count). The van der Waals surface area contributed by atoms with E-state index in [2.05, 4.69) is 10.6 Å². The molecule has 2 aromatic carbocycles. The summed E-state index contributed by atoms with van der Waals surface area (Å²) in [6, 6.07) is 13.0. The van der Waals surface area contributed by atoms with E-state index in [1.165, 1.54) is 0 Å². The molecule has 0 bridgehead atoms. The topological polar surface area (TPSA) is 59.6 Å². The normalized spacial score (nSPS) is 10.3. The number of hydrogen-bond donors (Lipinski definition) is 2. The molecule has 0 spiro atoms. The maximum atomic E-state index is 12.0. The second-order valence-electron chi connectivity index (χ2n) is 5.17. The standard InChI is InChI=1S/C18H21ClN2O3/c1-23-15-5-3-4-13(10-15)8-9-20-12-18(22)21-16-11-14(19)6-7-17(16)24-2/h3-7,10-11,20H,8-9,12H2,1-2H3,(H,21,22). The summed E-state index contributed by atoms with van der Waals surface area (Å²) < 4.78 is 10.4. The number of carbonyl (C=O) groups excluding carboxylic acids is 1. The van der Waals surface area contributed by atoms with Gasteiger partial charge in [0.05, 0.1) is 26.5 Å². The highest BCUT2D eigenvalue weighted by Gasteiger charge is 2.08. The van der Waals surface area contributed by atoms with Crippen LogP contribution in [0.5, 0.6) is 11.5 Å². The zero-order chi connectivity index (χ0) is 17.4. The third kappa shape index (κ3) is 5.44. The van der Waals surface area contributed by atoms with E-state index in [9.17, 15) is 4.79 Å². The molecule has 5 nitrogen and oxygen atoms in total. The van der Waals surface area contributed by atoms with Crippen LogP contribution < -0.4 is 20.1 Å². The quantitative estimate of drug-likeness (QED) is 0.720. The van der Waals surface area contributed by atoms with Gasteiger partial charge in [-0.3, -0.25) is 4.79 Å². The number of anilines is 1. The minimum absolute atomic E-state index is 0.152. The Morgan fingerprint density at radius 3 is 2.71 bits per heavy atom. The van der Waals surface area contributed by atoms with Gasteiger partial charge in [-0.05, 0) is 48.9 Å². The summed E-state index contributed by atoms with van der Waals surface area (Å²) >= 11 is 5.94. The number of amides is 1. The maximum absolute atomic E-state index is 12.0. The Kier molecular flexibility index (Phi) is 6.90. The molecule has 128 valence electrons. The summed E-state index contributed by atoms with van der Waals surface area (Å²) in [6.45, 7) is 0.896. The predicted octanol–water partition coefficient (Wildman–Crippen LogP) is 3.13. The van der Waals surface area contributed by atoms with Gasteiger partial charge in [0.25, 0.3) is 0 Å². The van der Waals surface area contributed by atoms with Gasteiger partial charge in [-0.25, -0.2) is 0 Å². The highest BCUT2D eigenvalue weighted by molar-refractivity contribution is 6.31. The summed E-state index contributed by atoms with van der Waals surface area (Å²) in [5.41, 5.74) is 1.71. The van der Waals surface area contributed by atoms with Crippen LogP contribution in [0.25, 0.3) is 0 Å². The molecule has 0 saturated heterocycles. The van der Waals surface area contributed by atoms with Crippen LogP contribution in [0, 0.1) is 0 Å². The van der Waals surface area contributed by atoms with E-state index in [-0.39, 0.29) is 12.5 Å². The zero-order valence-corrected chi connectivity index (χ0v) is 14.5. The first-order chi connectivity index (χ1) is 11.6. The lowest BCUT2D eigenvalue weighted by Crippen LogP contribution is -2.29. The summed E-state index contributed by atoms with van der Waals surface area (Å²) in [4.78, 5) is 12.0. The third-order valence-corrected chi connectivity index (χ3v) is 3.68. The van der Waals surface area contributed by atoms with E-state index in [0.29, 0.717) is 23.0 Å². The van der Waals surface area contributed by atoms with Crippen LogP contribution >= 0.6 is 11.6 Å². The second-order valence-corrected chi connectivity index (χ2v) is 5.61. The number of nitrogens with one attached hydrogen (secondary N) is 2. The lowest BCUT2D eigenvalue weighted by molar-refractivity contribution is -0.115. The Morgan fingerprint density at radius 1 is 1.12 bits per heavy atom. The van der Waals surface area contributed by atoms with Gasteiger partial charge in [-0.2, -0.15) is 0 Å². The van der Waals surface area contributed by atoms with Crippen molar-refractivity contribution in [3.8, 4) is 11.5 Å². The molecular weight excluding hydrogens is 328 g/mol. The molecule has 0 heterocycles. The summed E-state index contributed by atoms with van der Waals surface area (Å²) in [6.07, 6.45) is 0.810. The zero-order valence-electron chi connectivity index (χ0n) is 13.8. The number of rotatable bonds is 8. The molecule has 0 saturated carbocycles. The van der Waals surface area contributed by atoms with Crippen molar-refractivity contribution in [2.24, 2.45) is 0 Å². The van der Waals surface area contributed by atoms with Crippen molar-refractivity contribution in [2.75, 3.05) is 32.6 Å². The van der Waals surface area contributed by atoms with E-state index in [0.717, 1.165) is 17.7 Å². The van der Waals surface area contributed by atoms with Gasteiger partial charge in [-0.15, -0.1) is 0 Å². The number of hydrogen-bond acceptors (Lipinski definition) is 4. The number of ether oxygens (including phenoxy) is 2. The molecule has 0 atom stereocenters. The van der Waals surface area contributed by atoms with E-state index in [4.69, 9.17) is 21.1 Å². The van der Waals surface area contributed by atoms with E-state index >= 15 is 0 Å². The van der Waals surface area contributed by atoms with Crippen molar-refractivity contribution < 1.29 is 14.3 Å². The Labute approximate surface area is 146 Å². The molecule has 2 aromatic rings. The van der Waals surface area contributed by atoms with Crippen LogP contribution in [0.1, 0.15) is 5.56 Å². The first-order valence-corrected chi connectivity index (χ1v) is 7.97. The molecule has 0 fully saturated rings. The molecule has 0 aliphatic rings. The van der Waals surface area contributed by atoms with Crippen molar-refractivity contribution in [2.45, 2.75) is 6.42 Å². The van der Waals surface area contributed by atoms with E-state index in [1.807, 2.05) is 24.3 Å². The minimum atomic E-state index is -0.152. The van der Waals surface area contributed by atoms with Gasteiger partial charge in [0.15, 0.2) is 0 Å². The van der Waals surface area contributed by atoms with Crippen molar-refractivity contribution in [1.29, 1.82) is 0 Å². The van der Waals surface area contributed by atoms with Crippen LogP contribution in [-0.4, -0.2) is 33.2 Å². The average molecular weight is 349 g/mol. The summed E-state index contributed by atoms with van der Waals surface area (Å²) in [5.74, 6) is 1.25. The molecular formula is C18H21ClN2O3. The van der Waals surface area contributed by atoms with Crippen molar-refractivity contribution in [3.63, 3.8) is 0 Å². The van der Waals surface area contributed by atoms with Crippen LogP contribution in [0.2, 0.25) is 5.02 Å². The molecule has 2 N–H and O–H groups in total. The Hall–Kier alpha value is -2.24. The van der Waals surface area contributed by atoms with E-state index in [1.54, 1.807) is 32.4 Å². The molecule has 0 aliphatic heterocycles. The number of carbonyl (C=O) groups is 1. The molecule has 0 radical (unpaired) electrons. The second kappa shape index (κ2) is 9.15. The van der Waals surface area contributed by atoms with E-state index < -0.39 is 0 Å². The number of halogens is 1. The Morgan fingerprint density at radius 2 is 1.96 bits per heavy atom. The van der Waals surface area contributed by atoms with Gasteiger partial charge < -0.3 is 20.1 Å². The van der Waals surface area contributed by atoms with Gasteiger partial charge in [0.1, 0.15) is 11.5 Å². The SMILES string of the molecule is COc1cccc(CCNCC(=O)Nc2cc(Cl)ccc2OC)c1. The van der Waals surface area contributed by atoms with Gasteiger partial charge in [-0.1, -0.05) is 23.7 Å². The van der Waals surface area contributed by atoms with Crippen molar-refractivity contribution in [3.05, 3.63) is 53.1 Å². The fraction of sp³-hybridized carbons (Fsp3) is 0.278. The fourth-order valence-electron chi connectivity index (χ4n) is 2.23. The third-order valence-electron chi connectivity index (χ3n) is 3.45. The predicted molar refractivity (Wildman–Crippen MR) is 96.2 cm³/mol. The molecule has 0 aliphatic carbocycles. The van der Waals surface area contributed by atoms with Crippen LogP contribution in [0.15, 0.2) is 42.5 Å². The number of methoxy groups -OCH3 is 2. The molecule has 1 amide bonds. The largest absolute Gasteiger partial charge is 0.497 e. The Bertz CT molecular complexity index is 692. The molecule has 24 heavy (non-hydrogen) atoms.